The minimum atomic E-state index is -0.664. The van der Waals surface area contributed by atoms with Crippen LogP contribution in [0.4, 0.5) is 11.4 Å². The SMILES string of the molecule is CCc1nc2c(c3c1C(=O)C(Nc1ccc(Cl)cc1)=CC3=O)c(=O)n(C)c(=O)n2C.CCc1nc2c(c3c1C(=O)C=CC3=O)c(=O)n(C)c(=O)n2C.Nc1ccc(Cl)cc1. The monoisotopic (exact) mass is 850 g/mol. The molecule has 4 aromatic heterocycles. The molecule has 0 saturated carbocycles. The second kappa shape index (κ2) is 16.7. The molecule has 2 aromatic carbocycles. The van der Waals surface area contributed by atoms with Crippen LogP contribution in [-0.4, -0.2) is 51.4 Å². The molecule has 60 heavy (non-hydrogen) atoms. The van der Waals surface area contributed by atoms with Crippen molar-refractivity contribution in [3.63, 3.8) is 0 Å². The lowest BCUT2D eigenvalue weighted by molar-refractivity contribution is 0.0985. The van der Waals surface area contributed by atoms with Gasteiger partial charge in [0.25, 0.3) is 11.1 Å². The maximum atomic E-state index is 13.3. The largest absolute Gasteiger partial charge is 0.399 e. The van der Waals surface area contributed by atoms with Gasteiger partial charge >= 0.3 is 11.4 Å². The van der Waals surface area contributed by atoms with Crippen LogP contribution in [0, 0.1) is 0 Å². The van der Waals surface area contributed by atoms with E-state index in [0.29, 0.717) is 34.9 Å². The first-order valence-corrected chi connectivity index (χ1v) is 19.0. The highest BCUT2D eigenvalue weighted by Gasteiger charge is 2.33. The first-order chi connectivity index (χ1) is 28.4. The number of hydrogen-bond acceptors (Lipinski definition) is 12. The molecule has 3 N–H and O–H groups in total. The minimum absolute atomic E-state index is 0.0134. The van der Waals surface area contributed by atoms with Gasteiger partial charge in [-0.1, -0.05) is 37.0 Å². The Morgan fingerprint density at radius 3 is 1.43 bits per heavy atom. The van der Waals surface area contributed by atoms with Gasteiger partial charge < -0.3 is 11.1 Å². The second-order valence-electron chi connectivity index (χ2n) is 13.6. The fraction of sp³-hybridized carbons (Fsp3) is 0.190. The van der Waals surface area contributed by atoms with Gasteiger partial charge in [0.2, 0.25) is 5.78 Å². The molecule has 16 nitrogen and oxygen atoms in total. The summed E-state index contributed by atoms with van der Waals surface area (Å²) in [4.78, 5) is 109. The molecule has 6 aromatic rings. The molecule has 0 spiro atoms. The van der Waals surface area contributed by atoms with Crippen LogP contribution < -0.4 is 33.5 Å². The van der Waals surface area contributed by atoms with E-state index in [4.69, 9.17) is 28.9 Å². The van der Waals surface area contributed by atoms with E-state index in [2.05, 4.69) is 15.3 Å². The van der Waals surface area contributed by atoms with E-state index in [1.807, 2.05) is 0 Å². The number of aromatic nitrogens is 6. The van der Waals surface area contributed by atoms with Crippen molar-refractivity contribution in [3.8, 4) is 0 Å². The van der Waals surface area contributed by atoms with E-state index in [-0.39, 0.29) is 55.8 Å². The van der Waals surface area contributed by atoms with Crippen molar-refractivity contribution < 1.29 is 19.2 Å². The van der Waals surface area contributed by atoms with Gasteiger partial charge in [0.05, 0.1) is 50.1 Å². The highest BCUT2D eigenvalue weighted by Crippen LogP contribution is 2.30. The maximum Gasteiger partial charge on any atom is 0.332 e. The molecule has 0 aliphatic heterocycles. The van der Waals surface area contributed by atoms with Crippen LogP contribution >= 0.6 is 23.2 Å². The number of carbonyl (C=O) groups is 4. The Balaban J connectivity index is 0.000000175. The molecule has 4 heterocycles. The molecule has 0 unspecified atom stereocenters. The molecule has 0 saturated heterocycles. The standard InChI is InChI=1S/C21H17ClN4O4.C15H13N3O4.C6H6ClN/c1-4-12-15-16(17-19(24-12)25(2)21(30)26(3)20(17)29)14(27)9-13(18(15)28)23-11-7-5-10(22)6-8-11;1-4-7-10-8(19)5-6-9(20)11(10)12-13(16-7)17(2)15(22)18(3)14(12)21;7-5-1-3-6(8)4-2-5/h5-9,23H,4H2,1-3H3;5-6H,4H2,1-3H3;1-4H,8H2. The molecule has 0 atom stereocenters. The van der Waals surface area contributed by atoms with Crippen molar-refractivity contribution in [1.82, 2.24) is 28.2 Å². The number of fused-ring (bicyclic) bond motifs is 6. The predicted molar refractivity (Wildman–Crippen MR) is 229 cm³/mol. The summed E-state index contributed by atoms with van der Waals surface area (Å²) in [5.41, 5.74) is 5.65. The molecule has 18 heteroatoms. The number of Topliss-reactive ketones (excluding diaryl/α,β-unsaturated/α-hetero) is 1. The average Bonchev–Trinajstić information content (AvgIpc) is 3.24. The van der Waals surface area contributed by atoms with Crippen LogP contribution in [0.1, 0.15) is 66.7 Å². The Labute approximate surface area is 349 Å². The lowest BCUT2D eigenvalue weighted by Gasteiger charge is -2.21. The van der Waals surface area contributed by atoms with E-state index in [9.17, 15) is 38.4 Å². The van der Waals surface area contributed by atoms with Crippen LogP contribution in [0.2, 0.25) is 10.0 Å². The number of rotatable bonds is 4. The second-order valence-corrected chi connectivity index (χ2v) is 14.5. The van der Waals surface area contributed by atoms with E-state index in [1.54, 1.807) is 62.4 Å². The molecule has 2 aliphatic rings. The Bertz CT molecular complexity index is 3140. The summed E-state index contributed by atoms with van der Waals surface area (Å²) in [5.74, 6) is -1.72. The summed E-state index contributed by atoms with van der Waals surface area (Å²) in [7, 11) is 5.60. The van der Waals surface area contributed by atoms with Crippen molar-refractivity contribution in [1.29, 1.82) is 0 Å². The quantitative estimate of drug-likeness (QED) is 0.238. The van der Waals surface area contributed by atoms with Gasteiger partial charge in [0.15, 0.2) is 17.3 Å². The number of nitrogens with two attached hydrogens (primary N) is 1. The molecule has 0 amide bonds. The molecule has 0 bridgehead atoms. The number of carbonyl (C=O) groups excluding carboxylic acids is 4. The van der Waals surface area contributed by atoms with Gasteiger partial charge in [-0.15, -0.1) is 0 Å². The number of hydrogen-bond donors (Lipinski definition) is 2. The van der Waals surface area contributed by atoms with Gasteiger partial charge in [-0.25, -0.2) is 19.6 Å². The Morgan fingerprint density at radius 1 is 0.567 bits per heavy atom. The van der Waals surface area contributed by atoms with Crippen molar-refractivity contribution in [2.24, 2.45) is 28.2 Å². The number of halogens is 2. The normalized spacial score (nSPS) is 13.0. The number of nitrogens with zero attached hydrogens (tertiary/aromatic N) is 6. The molecule has 306 valence electrons. The third-order valence-corrected chi connectivity index (χ3v) is 10.4. The highest BCUT2D eigenvalue weighted by atomic mass is 35.5. The summed E-state index contributed by atoms with van der Waals surface area (Å²) >= 11 is 11.4. The topological polar surface area (TPSA) is 220 Å². The average molecular weight is 852 g/mol. The van der Waals surface area contributed by atoms with Crippen LogP contribution in [0.25, 0.3) is 22.1 Å². The number of pyridine rings is 2. The molecular weight excluding hydrogens is 815 g/mol. The highest BCUT2D eigenvalue weighted by molar-refractivity contribution is 6.31. The van der Waals surface area contributed by atoms with Crippen molar-refractivity contribution in [3.05, 3.63) is 158 Å². The van der Waals surface area contributed by atoms with Crippen LogP contribution in [0.5, 0.6) is 0 Å². The Kier molecular flexibility index (Phi) is 11.8. The molecule has 0 radical (unpaired) electrons. The van der Waals surface area contributed by atoms with Gasteiger partial charge in [0.1, 0.15) is 11.3 Å². The first kappa shape index (κ1) is 42.6. The van der Waals surface area contributed by atoms with E-state index in [1.165, 1.54) is 49.5 Å². The third kappa shape index (κ3) is 7.53. The Morgan fingerprint density at radius 2 is 0.983 bits per heavy atom. The molecule has 0 fully saturated rings. The zero-order valence-electron chi connectivity index (χ0n) is 33.0. The van der Waals surface area contributed by atoms with E-state index in [0.717, 1.165) is 25.9 Å². The van der Waals surface area contributed by atoms with Crippen molar-refractivity contribution in [2.75, 3.05) is 11.1 Å². The summed E-state index contributed by atoms with van der Waals surface area (Å²) in [5, 5.41) is 4.18. The zero-order chi connectivity index (χ0) is 43.9. The van der Waals surface area contributed by atoms with Gasteiger partial charge in [-0.3, -0.25) is 47.0 Å². The zero-order valence-corrected chi connectivity index (χ0v) is 34.6. The van der Waals surface area contributed by atoms with E-state index < -0.39 is 39.8 Å². The molecular formula is C42H36Cl2N8O8. The summed E-state index contributed by atoms with van der Waals surface area (Å²) in [6, 6.07) is 13.7. The van der Waals surface area contributed by atoms with Gasteiger partial charge in [-0.2, -0.15) is 0 Å². The minimum Gasteiger partial charge on any atom is -0.399 e. The lowest BCUT2D eigenvalue weighted by Crippen LogP contribution is -2.39. The van der Waals surface area contributed by atoms with Gasteiger partial charge in [-0.05, 0) is 73.5 Å². The summed E-state index contributed by atoms with van der Waals surface area (Å²) < 4.78 is 4.23. The summed E-state index contributed by atoms with van der Waals surface area (Å²) in [6.45, 7) is 3.58. The summed E-state index contributed by atoms with van der Waals surface area (Å²) in [6.07, 6.45) is 4.25. The fourth-order valence-electron chi connectivity index (χ4n) is 6.75. The van der Waals surface area contributed by atoms with Crippen molar-refractivity contribution in [2.45, 2.75) is 26.7 Å². The van der Waals surface area contributed by atoms with Gasteiger partial charge in [0, 0.05) is 55.7 Å². The predicted octanol–water partition coefficient (Wildman–Crippen LogP) is 4.28. The van der Waals surface area contributed by atoms with Crippen LogP contribution in [0.15, 0.2) is 91.6 Å². The first-order valence-electron chi connectivity index (χ1n) is 18.3. The number of benzene rings is 2. The van der Waals surface area contributed by atoms with Crippen LogP contribution in [0.3, 0.4) is 0 Å². The van der Waals surface area contributed by atoms with Crippen molar-refractivity contribution >= 4 is 79.8 Å². The van der Waals surface area contributed by atoms with Crippen LogP contribution in [-0.2, 0) is 41.0 Å². The number of nitrogens with one attached hydrogen (secondary N) is 1. The van der Waals surface area contributed by atoms with E-state index >= 15 is 0 Å². The number of ketones is 4. The number of allylic oxidation sites excluding steroid dienone is 4. The third-order valence-electron chi connectivity index (χ3n) is 9.86. The fourth-order valence-corrected chi connectivity index (χ4v) is 7.00. The number of aryl methyl sites for hydroxylation is 4. The maximum absolute atomic E-state index is 13.3. The smallest absolute Gasteiger partial charge is 0.332 e. The number of anilines is 2. The molecule has 8 rings (SSSR count). The Hall–Kier alpha value is -7.04. The lowest BCUT2D eigenvalue weighted by atomic mass is 9.88. The number of nitrogen functional groups attached to an aromatic ring is 1. The molecule has 2 aliphatic carbocycles.